The fourth-order valence-corrected chi connectivity index (χ4v) is 3.40. The molecule has 1 heterocycles. The van der Waals surface area contributed by atoms with Crippen LogP contribution in [0.5, 0.6) is 5.75 Å². The lowest BCUT2D eigenvalue weighted by Crippen LogP contribution is -2.17. The Morgan fingerprint density at radius 3 is 2.61 bits per heavy atom. The maximum atomic E-state index is 12.1. The highest BCUT2D eigenvalue weighted by molar-refractivity contribution is 7.16. The van der Waals surface area contributed by atoms with E-state index < -0.39 is 0 Å². The Hall–Kier alpha value is -2.40. The van der Waals surface area contributed by atoms with E-state index in [-0.39, 0.29) is 12.5 Å². The molecular formula is C18H18N2O2S. The van der Waals surface area contributed by atoms with E-state index in [1.54, 1.807) is 0 Å². The molecule has 0 saturated carbocycles. The van der Waals surface area contributed by atoms with Crippen LogP contribution in [0.3, 0.4) is 0 Å². The number of carbonyl (C=O) groups is 1. The summed E-state index contributed by atoms with van der Waals surface area (Å²) in [5.41, 5.74) is 3.56. The van der Waals surface area contributed by atoms with Crippen LogP contribution in [0, 0.1) is 13.8 Å². The van der Waals surface area contributed by atoms with Gasteiger partial charge in [-0.2, -0.15) is 4.99 Å². The SMILES string of the molecule is Cc1cc2sc(=NC(=O)COc3ccccc3)n(C)c2cc1C. The molecule has 1 aromatic heterocycles. The van der Waals surface area contributed by atoms with Crippen molar-refractivity contribution in [2.75, 3.05) is 6.61 Å². The number of nitrogens with zero attached hydrogens (tertiary/aromatic N) is 2. The Morgan fingerprint density at radius 1 is 1.17 bits per heavy atom. The first-order valence-corrected chi connectivity index (χ1v) is 8.18. The van der Waals surface area contributed by atoms with Crippen LogP contribution in [0.25, 0.3) is 10.2 Å². The van der Waals surface area contributed by atoms with Gasteiger partial charge < -0.3 is 9.30 Å². The quantitative estimate of drug-likeness (QED) is 0.741. The predicted molar refractivity (Wildman–Crippen MR) is 92.8 cm³/mol. The van der Waals surface area contributed by atoms with Crippen molar-refractivity contribution < 1.29 is 9.53 Å². The van der Waals surface area contributed by atoms with Crippen LogP contribution in [0.1, 0.15) is 11.1 Å². The van der Waals surface area contributed by atoms with Crippen molar-refractivity contribution in [2.24, 2.45) is 12.0 Å². The summed E-state index contributed by atoms with van der Waals surface area (Å²) in [6.07, 6.45) is 0. The molecule has 23 heavy (non-hydrogen) atoms. The van der Waals surface area contributed by atoms with Crippen LogP contribution in [0.2, 0.25) is 0 Å². The number of aryl methyl sites for hydroxylation is 3. The molecule has 3 rings (SSSR count). The number of thiazole rings is 1. The summed E-state index contributed by atoms with van der Waals surface area (Å²) in [5.74, 6) is 0.382. The number of para-hydroxylation sites is 1. The van der Waals surface area contributed by atoms with Gasteiger partial charge in [0.15, 0.2) is 11.4 Å². The van der Waals surface area contributed by atoms with Crippen molar-refractivity contribution >= 4 is 27.5 Å². The van der Waals surface area contributed by atoms with E-state index in [2.05, 4.69) is 31.0 Å². The third-order valence-corrected chi connectivity index (χ3v) is 4.85. The number of hydrogen-bond donors (Lipinski definition) is 0. The van der Waals surface area contributed by atoms with E-state index in [4.69, 9.17) is 4.74 Å². The molecule has 0 spiro atoms. The largest absolute Gasteiger partial charge is 0.484 e. The Bertz CT molecular complexity index is 923. The van der Waals surface area contributed by atoms with Crippen LogP contribution in [0.15, 0.2) is 47.5 Å². The van der Waals surface area contributed by atoms with Crippen LogP contribution in [-0.4, -0.2) is 17.1 Å². The number of aromatic nitrogens is 1. The summed E-state index contributed by atoms with van der Waals surface area (Å²) in [6, 6.07) is 13.5. The summed E-state index contributed by atoms with van der Waals surface area (Å²) in [6.45, 7) is 4.11. The van der Waals surface area contributed by atoms with Crippen molar-refractivity contribution in [1.82, 2.24) is 4.57 Å². The Kier molecular flexibility index (Phi) is 4.30. The standard InChI is InChI=1S/C18H18N2O2S/c1-12-9-15-16(10-13(12)2)23-18(20(15)3)19-17(21)11-22-14-7-5-4-6-8-14/h4-10H,11H2,1-3H3. The molecule has 0 atom stereocenters. The predicted octanol–water partition coefficient (Wildman–Crippen LogP) is 3.36. The van der Waals surface area contributed by atoms with Crippen molar-refractivity contribution in [1.29, 1.82) is 0 Å². The summed E-state index contributed by atoms with van der Waals surface area (Å²) >= 11 is 1.52. The lowest BCUT2D eigenvalue weighted by atomic mass is 10.1. The second kappa shape index (κ2) is 6.38. The molecular weight excluding hydrogens is 308 g/mol. The highest BCUT2D eigenvalue weighted by Gasteiger charge is 2.07. The van der Waals surface area contributed by atoms with Crippen LogP contribution >= 0.6 is 11.3 Å². The number of rotatable bonds is 3. The first-order chi connectivity index (χ1) is 11.0. The van der Waals surface area contributed by atoms with E-state index >= 15 is 0 Å². The second-order valence-electron chi connectivity index (χ2n) is 5.46. The van der Waals surface area contributed by atoms with Crippen molar-refractivity contribution in [3.8, 4) is 5.75 Å². The average Bonchev–Trinajstić information content (AvgIpc) is 2.83. The molecule has 2 aromatic carbocycles. The van der Waals surface area contributed by atoms with Crippen LogP contribution < -0.4 is 9.54 Å². The number of benzene rings is 2. The highest BCUT2D eigenvalue weighted by atomic mass is 32.1. The van der Waals surface area contributed by atoms with Crippen LogP contribution in [-0.2, 0) is 11.8 Å². The molecule has 0 radical (unpaired) electrons. The summed E-state index contributed by atoms with van der Waals surface area (Å²) in [4.78, 5) is 16.9. The first-order valence-electron chi connectivity index (χ1n) is 7.37. The van der Waals surface area contributed by atoms with Gasteiger partial charge in [0, 0.05) is 7.05 Å². The minimum Gasteiger partial charge on any atom is -0.484 e. The molecule has 4 nitrogen and oxygen atoms in total. The zero-order chi connectivity index (χ0) is 16.4. The number of carbonyl (C=O) groups excluding carboxylic acids is 1. The monoisotopic (exact) mass is 326 g/mol. The summed E-state index contributed by atoms with van der Waals surface area (Å²) in [5, 5.41) is 0. The van der Waals surface area contributed by atoms with Gasteiger partial charge in [0.25, 0.3) is 5.91 Å². The third kappa shape index (κ3) is 3.35. The van der Waals surface area contributed by atoms with Crippen molar-refractivity contribution in [3.63, 3.8) is 0 Å². The lowest BCUT2D eigenvalue weighted by Gasteiger charge is -2.02. The number of hydrogen-bond acceptors (Lipinski definition) is 3. The molecule has 0 aliphatic carbocycles. The van der Waals surface area contributed by atoms with Gasteiger partial charge in [0.2, 0.25) is 0 Å². The van der Waals surface area contributed by atoms with E-state index in [9.17, 15) is 4.79 Å². The minimum atomic E-state index is -0.288. The molecule has 0 saturated heterocycles. The molecule has 0 fully saturated rings. The zero-order valence-electron chi connectivity index (χ0n) is 13.4. The van der Waals surface area contributed by atoms with Gasteiger partial charge >= 0.3 is 0 Å². The molecule has 0 unspecified atom stereocenters. The van der Waals surface area contributed by atoms with Crippen molar-refractivity contribution in [3.05, 3.63) is 58.4 Å². The molecule has 1 amide bonds. The average molecular weight is 326 g/mol. The molecule has 0 N–H and O–H groups in total. The summed E-state index contributed by atoms with van der Waals surface area (Å²) in [7, 11) is 1.93. The fraction of sp³-hybridized carbons (Fsp3) is 0.222. The maximum absolute atomic E-state index is 12.1. The van der Waals surface area contributed by atoms with E-state index in [1.165, 1.54) is 22.5 Å². The number of ether oxygens (including phenoxy) is 1. The topological polar surface area (TPSA) is 43.6 Å². The van der Waals surface area contributed by atoms with Gasteiger partial charge in [-0.25, -0.2) is 0 Å². The zero-order valence-corrected chi connectivity index (χ0v) is 14.2. The number of amides is 1. The van der Waals surface area contributed by atoms with Gasteiger partial charge in [-0.05, 0) is 49.2 Å². The first kappa shape index (κ1) is 15.5. The summed E-state index contributed by atoms with van der Waals surface area (Å²) < 4.78 is 8.53. The van der Waals surface area contributed by atoms with Gasteiger partial charge in [0.1, 0.15) is 5.75 Å². The lowest BCUT2D eigenvalue weighted by molar-refractivity contribution is -0.120. The van der Waals surface area contributed by atoms with Gasteiger partial charge in [-0.15, -0.1) is 0 Å². The maximum Gasteiger partial charge on any atom is 0.286 e. The molecule has 3 aromatic rings. The molecule has 0 aliphatic rings. The number of fused-ring (bicyclic) bond motifs is 1. The smallest absolute Gasteiger partial charge is 0.286 e. The molecule has 0 aliphatic heterocycles. The van der Waals surface area contributed by atoms with Gasteiger partial charge in [0.05, 0.1) is 10.2 Å². The molecule has 5 heteroatoms. The van der Waals surface area contributed by atoms with E-state index in [1.807, 2.05) is 41.9 Å². The van der Waals surface area contributed by atoms with E-state index in [0.717, 1.165) is 10.2 Å². The van der Waals surface area contributed by atoms with E-state index in [0.29, 0.717) is 10.6 Å². The Morgan fingerprint density at radius 2 is 1.87 bits per heavy atom. The Labute approximate surface area is 138 Å². The third-order valence-electron chi connectivity index (χ3n) is 3.75. The normalized spacial score (nSPS) is 11.9. The second-order valence-corrected chi connectivity index (χ2v) is 6.46. The van der Waals surface area contributed by atoms with Gasteiger partial charge in [-0.3, -0.25) is 4.79 Å². The fourth-order valence-electron chi connectivity index (χ4n) is 2.29. The van der Waals surface area contributed by atoms with Crippen LogP contribution in [0.4, 0.5) is 0 Å². The highest BCUT2D eigenvalue weighted by Crippen LogP contribution is 2.21. The molecule has 118 valence electrons. The Balaban J connectivity index is 1.85. The van der Waals surface area contributed by atoms with Crippen molar-refractivity contribution in [2.45, 2.75) is 13.8 Å². The molecule has 0 bridgehead atoms. The minimum absolute atomic E-state index is 0.0592. The van der Waals surface area contributed by atoms with Gasteiger partial charge in [-0.1, -0.05) is 29.5 Å².